The lowest BCUT2D eigenvalue weighted by atomic mass is 9.73. The predicted molar refractivity (Wildman–Crippen MR) is 121 cm³/mol. The number of carbonyl (C=O) groups excluding carboxylic acids is 1. The average Bonchev–Trinajstić information content (AvgIpc) is 2.85. The summed E-state index contributed by atoms with van der Waals surface area (Å²) < 4.78 is 10.8. The Morgan fingerprint density at radius 3 is 2.23 bits per heavy atom. The summed E-state index contributed by atoms with van der Waals surface area (Å²) in [5.74, 6) is 1.47. The fourth-order valence-electron chi connectivity index (χ4n) is 4.56. The molecular formula is C27H29NO3. The number of ether oxygens (including phenoxy) is 2. The molecular weight excluding hydrogens is 386 g/mol. The van der Waals surface area contributed by atoms with Crippen LogP contribution in [0, 0.1) is 5.92 Å². The number of hydrogen-bond donors (Lipinski definition) is 0. The van der Waals surface area contributed by atoms with Crippen molar-refractivity contribution in [3.63, 3.8) is 0 Å². The van der Waals surface area contributed by atoms with E-state index in [0.717, 1.165) is 11.4 Å². The van der Waals surface area contributed by atoms with Gasteiger partial charge in [-0.1, -0.05) is 49.6 Å². The first-order chi connectivity index (χ1) is 15.2. The molecule has 0 radical (unpaired) electrons. The van der Waals surface area contributed by atoms with E-state index in [-0.39, 0.29) is 5.97 Å². The first-order valence-electron chi connectivity index (χ1n) is 11.1. The molecule has 1 atom stereocenters. The van der Waals surface area contributed by atoms with Crippen LogP contribution in [0.4, 0.5) is 0 Å². The molecule has 4 heteroatoms. The van der Waals surface area contributed by atoms with Crippen LogP contribution < -0.4 is 4.74 Å². The Morgan fingerprint density at radius 1 is 0.935 bits per heavy atom. The molecule has 0 N–H and O–H groups in total. The van der Waals surface area contributed by atoms with Crippen LogP contribution in [0.15, 0.2) is 72.9 Å². The summed E-state index contributed by atoms with van der Waals surface area (Å²) in [7, 11) is 1.42. The van der Waals surface area contributed by atoms with E-state index in [1.165, 1.54) is 50.3 Å². The summed E-state index contributed by atoms with van der Waals surface area (Å²) in [5.41, 5.74) is 4.05. The quantitative estimate of drug-likeness (QED) is 0.434. The van der Waals surface area contributed by atoms with Crippen LogP contribution in [0.5, 0.6) is 5.75 Å². The normalized spacial score (nSPS) is 15.3. The molecule has 1 fully saturated rings. The van der Waals surface area contributed by atoms with Crippen LogP contribution in [0.1, 0.15) is 65.2 Å². The van der Waals surface area contributed by atoms with Gasteiger partial charge in [-0.3, -0.25) is 4.98 Å². The summed E-state index contributed by atoms with van der Waals surface area (Å²) in [6, 6.07) is 22.2. The number of aromatic nitrogens is 1. The smallest absolute Gasteiger partial charge is 0.337 e. The number of nitrogens with zero attached hydrogens (tertiary/aromatic N) is 1. The van der Waals surface area contributed by atoms with Crippen molar-refractivity contribution in [2.75, 3.05) is 7.11 Å². The van der Waals surface area contributed by atoms with Gasteiger partial charge >= 0.3 is 5.97 Å². The van der Waals surface area contributed by atoms with E-state index < -0.39 is 0 Å². The Labute approximate surface area is 184 Å². The molecule has 160 valence electrons. The maximum Gasteiger partial charge on any atom is 0.337 e. The maximum atomic E-state index is 11.8. The van der Waals surface area contributed by atoms with E-state index in [1.54, 1.807) is 6.20 Å². The van der Waals surface area contributed by atoms with E-state index in [4.69, 9.17) is 9.47 Å². The van der Waals surface area contributed by atoms with Gasteiger partial charge in [-0.2, -0.15) is 0 Å². The topological polar surface area (TPSA) is 48.4 Å². The first-order valence-corrected chi connectivity index (χ1v) is 11.1. The Morgan fingerprint density at radius 2 is 1.61 bits per heavy atom. The van der Waals surface area contributed by atoms with Gasteiger partial charge < -0.3 is 9.47 Å². The molecule has 3 aromatic rings. The molecule has 1 aromatic heterocycles. The van der Waals surface area contributed by atoms with E-state index in [9.17, 15) is 4.79 Å². The van der Waals surface area contributed by atoms with Gasteiger partial charge in [0.15, 0.2) is 0 Å². The summed E-state index contributed by atoms with van der Waals surface area (Å²) in [5, 5.41) is 0. The second-order valence-corrected chi connectivity index (χ2v) is 8.17. The highest BCUT2D eigenvalue weighted by atomic mass is 16.5. The zero-order valence-electron chi connectivity index (χ0n) is 18.0. The third kappa shape index (κ3) is 5.32. The van der Waals surface area contributed by atoms with Gasteiger partial charge in [-0.25, -0.2) is 4.79 Å². The standard InChI is InChI=1S/C27H29NO3/c1-30-27(29)23-12-10-21(11-13-23)26(20-7-3-2-4-8-20)22-14-16-25(17-15-22)31-19-24-9-5-6-18-28-24/h5-6,9-18,20,26H,2-4,7-8,19H2,1H3. The molecule has 0 aliphatic heterocycles. The van der Waals surface area contributed by atoms with Gasteiger partial charge in [0.05, 0.1) is 18.4 Å². The van der Waals surface area contributed by atoms with Gasteiger partial charge in [-0.15, -0.1) is 0 Å². The van der Waals surface area contributed by atoms with Gasteiger partial charge in [-0.05, 0) is 66.3 Å². The van der Waals surface area contributed by atoms with Crippen LogP contribution >= 0.6 is 0 Å². The highest BCUT2D eigenvalue weighted by molar-refractivity contribution is 5.89. The van der Waals surface area contributed by atoms with Gasteiger partial charge in [0.2, 0.25) is 0 Å². The summed E-state index contributed by atoms with van der Waals surface area (Å²) in [6.07, 6.45) is 8.15. The Kier molecular flexibility index (Phi) is 6.98. The molecule has 0 spiro atoms. The SMILES string of the molecule is COC(=O)c1ccc(C(c2ccc(OCc3ccccn3)cc2)C2CCCCC2)cc1. The highest BCUT2D eigenvalue weighted by Crippen LogP contribution is 2.41. The molecule has 4 rings (SSSR count). The molecule has 1 saturated carbocycles. The van der Waals surface area contributed by atoms with Crippen molar-refractivity contribution in [2.24, 2.45) is 5.92 Å². The zero-order chi connectivity index (χ0) is 21.5. The first kappa shape index (κ1) is 21.1. The van der Waals surface area contributed by atoms with Gasteiger partial charge in [0, 0.05) is 12.1 Å². The number of esters is 1. The number of carbonyl (C=O) groups is 1. The van der Waals surface area contributed by atoms with Crippen molar-refractivity contribution >= 4 is 5.97 Å². The van der Waals surface area contributed by atoms with Gasteiger partial charge in [0.1, 0.15) is 12.4 Å². The molecule has 31 heavy (non-hydrogen) atoms. The summed E-state index contributed by atoms with van der Waals surface area (Å²) >= 11 is 0. The lowest BCUT2D eigenvalue weighted by Crippen LogP contribution is -2.18. The maximum absolute atomic E-state index is 11.8. The molecule has 0 saturated heterocycles. The van der Waals surface area contributed by atoms with Crippen LogP contribution in [0.3, 0.4) is 0 Å². The van der Waals surface area contributed by atoms with Crippen LogP contribution in [-0.2, 0) is 11.3 Å². The Hall–Kier alpha value is -3.14. The van der Waals surface area contributed by atoms with Crippen molar-refractivity contribution in [3.8, 4) is 5.75 Å². The monoisotopic (exact) mass is 415 g/mol. The number of hydrogen-bond acceptors (Lipinski definition) is 4. The minimum atomic E-state index is -0.296. The molecule has 1 unspecified atom stereocenters. The fourth-order valence-corrected chi connectivity index (χ4v) is 4.56. The van der Waals surface area contributed by atoms with Crippen molar-refractivity contribution in [1.29, 1.82) is 0 Å². The lowest BCUT2D eigenvalue weighted by Gasteiger charge is -2.31. The van der Waals surface area contributed by atoms with E-state index in [1.807, 2.05) is 30.3 Å². The molecule has 1 aliphatic carbocycles. The van der Waals surface area contributed by atoms with Crippen LogP contribution in [0.25, 0.3) is 0 Å². The van der Waals surface area contributed by atoms with E-state index in [0.29, 0.717) is 24.0 Å². The Balaban J connectivity index is 1.54. The third-order valence-electron chi connectivity index (χ3n) is 6.16. The van der Waals surface area contributed by atoms with E-state index >= 15 is 0 Å². The average molecular weight is 416 g/mol. The van der Waals surface area contributed by atoms with Crippen molar-refractivity contribution < 1.29 is 14.3 Å². The minimum Gasteiger partial charge on any atom is -0.487 e. The summed E-state index contributed by atoms with van der Waals surface area (Å²) in [4.78, 5) is 16.1. The largest absolute Gasteiger partial charge is 0.487 e. The molecule has 0 amide bonds. The number of methoxy groups -OCH3 is 1. The van der Waals surface area contributed by atoms with Crippen molar-refractivity contribution in [3.05, 3.63) is 95.3 Å². The predicted octanol–water partition coefficient (Wildman–Crippen LogP) is 6.16. The highest BCUT2D eigenvalue weighted by Gasteiger charge is 2.27. The molecule has 2 aromatic carbocycles. The molecule has 1 aliphatic rings. The molecule has 1 heterocycles. The minimum absolute atomic E-state index is 0.296. The van der Waals surface area contributed by atoms with E-state index in [2.05, 4.69) is 41.4 Å². The molecule has 0 bridgehead atoms. The zero-order valence-corrected chi connectivity index (χ0v) is 18.0. The van der Waals surface area contributed by atoms with Crippen LogP contribution in [0.2, 0.25) is 0 Å². The second kappa shape index (κ2) is 10.3. The summed E-state index contributed by atoms with van der Waals surface area (Å²) in [6.45, 7) is 0.460. The van der Waals surface area contributed by atoms with Gasteiger partial charge in [0.25, 0.3) is 0 Å². The lowest BCUT2D eigenvalue weighted by molar-refractivity contribution is 0.0600. The van der Waals surface area contributed by atoms with Crippen LogP contribution in [-0.4, -0.2) is 18.1 Å². The van der Waals surface area contributed by atoms with Crippen molar-refractivity contribution in [1.82, 2.24) is 4.98 Å². The third-order valence-corrected chi connectivity index (χ3v) is 6.16. The second-order valence-electron chi connectivity index (χ2n) is 8.17. The number of rotatable bonds is 7. The molecule has 4 nitrogen and oxygen atoms in total. The fraction of sp³-hybridized carbons (Fsp3) is 0.333. The number of benzene rings is 2. The number of pyridine rings is 1. The van der Waals surface area contributed by atoms with Crippen molar-refractivity contribution in [2.45, 2.75) is 44.6 Å². The Bertz CT molecular complexity index is 962.